The Morgan fingerprint density at radius 3 is 2.77 bits per heavy atom. The highest BCUT2D eigenvalue weighted by atomic mass is 19.1. The van der Waals surface area contributed by atoms with Gasteiger partial charge in [0.05, 0.1) is 5.92 Å². The van der Waals surface area contributed by atoms with E-state index < -0.39 is 0 Å². The molecule has 4 rings (SSSR count). The first kappa shape index (κ1) is 20.3. The second kappa shape index (κ2) is 8.82. The number of benzene rings is 2. The monoisotopic (exact) mass is 406 g/mol. The first-order valence-electron chi connectivity index (χ1n) is 10.7. The third-order valence-electron chi connectivity index (χ3n) is 6.21. The van der Waals surface area contributed by atoms with Gasteiger partial charge in [0, 0.05) is 36.0 Å². The zero-order valence-corrected chi connectivity index (χ0v) is 17.2. The lowest BCUT2D eigenvalue weighted by molar-refractivity contribution is -0.122. The maximum absolute atomic E-state index is 13.5. The van der Waals surface area contributed by atoms with Crippen molar-refractivity contribution in [1.29, 1.82) is 0 Å². The maximum Gasteiger partial charge on any atom is 0.227 e. The highest BCUT2D eigenvalue weighted by Gasteiger charge is 2.24. The lowest BCUT2D eigenvalue weighted by Crippen LogP contribution is -2.29. The van der Waals surface area contributed by atoms with Gasteiger partial charge in [-0.2, -0.15) is 0 Å². The Morgan fingerprint density at radius 2 is 2.03 bits per heavy atom. The number of ketones is 1. The SMILES string of the molecule is C[C@H](C(=O)NCCc1c[nH]c2ccc(F)cc12)c1ccc(C[C@H]2CCCC2=O)cc1. The summed E-state index contributed by atoms with van der Waals surface area (Å²) in [6.07, 6.45) is 6.01. The molecule has 2 aromatic carbocycles. The van der Waals surface area contributed by atoms with Crippen LogP contribution in [0, 0.1) is 11.7 Å². The first-order chi connectivity index (χ1) is 14.5. The molecule has 2 N–H and O–H groups in total. The molecule has 0 saturated heterocycles. The van der Waals surface area contributed by atoms with Crippen LogP contribution in [0.2, 0.25) is 0 Å². The molecule has 1 fully saturated rings. The zero-order chi connectivity index (χ0) is 21.1. The van der Waals surface area contributed by atoms with Crippen molar-refractivity contribution in [3.05, 3.63) is 71.2 Å². The molecule has 4 nitrogen and oxygen atoms in total. The number of fused-ring (bicyclic) bond motifs is 1. The summed E-state index contributed by atoms with van der Waals surface area (Å²) in [6, 6.07) is 12.7. The number of nitrogens with one attached hydrogen (secondary N) is 2. The van der Waals surface area contributed by atoms with E-state index in [2.05, 4.69) is 10.3 Å². The number of hydrogen-bond acceptors (Lipinski definition) is 2. The van der Waals surface area contributed by atoms with E-state index in [1.54, 1.807) is 6.07 Å². The minimum atomic E-state index is -0.262. The summed E-state index contributed by atoms with van der Waals surface area (Å²) in [5.41, 5.74) is 4.00. The van der Waals surface area contributed by atoms with Crippen LogP contribution in [0.3, 0.4) is 0 Å². The summed E-state index contributed by atoms with van der Waals surface area (Å²) in [5.74, 6) is -0.00612. The van der Waals surface area contributed by atoms with E-state index in [0.29, 0.717) is 25.2 Å². The fourth-order valence-electron chi connectivity index (χ4n) is 4.31. The quantitative estimate of drug-likeness (QED) is 0.598. The van der Waals surface area contributed by atoms with Crippen molar-refractivity contribution < 1.29 is 14.0 Å². The topological polar surface area (TPSA) is 62.0 Å². The van der Waals surface area contributed by atoms with Crippen LogP contribution in [0.15, 0.2) is 48.7 Å². The minimum absolute atomic E-state index is 0.0280. The Kier molecular flexibility index (Phi) is 5.98. The van der Waals surface area contributed by atoms with E-state index in [1.165, 1.54) is 12.1 Å². The molecule has 0 unspecified atom stereocenters. The molecule has 1 aromatic heterocycles. The summed E-state index contributed by atoms with van der Waals surface area (Å²) in [5, 5.41) is 3.84. The van der Waals surface area contributed by atoms with Crippen molar-refractivity contribution >= 4 is 22.6 Å². The second-order valence-corrected chi connectivity index (χ2v) is 8.27. The molecule has 0 aliphatic heterocycles. The van der Waals surface area contributed by atoms with Crippen LogP contribution in [-0.4, -0.2) is 23.2 Å². The molecule has 1 heterocycles. The number of amides is 1. The van der Waals surface area contributed by atoms with Gasteiger partial charge in [-0.25, -0.2) is 4.39 Å². The number of rotatable bonds is 7. The Hall–Kier alpha value is -2.95. The van der Waals surface area contributed by atoms with Crippen molar-refractivity contribution in [2.75, 3.05) is 6.54 Å². The molecule has 3 aromatic rings. The molecule has 0 spiro atoms. The number of H-pyrrole nitrogens is 1. The molecule has 1 amide bonds. The normalized spacial score (nSPS) is 17.4. The lowest BCUT2D eigenvalue weighted by Gasteiger charge is -2.14. The fraction of sp³-hybridized carbons (Fsp3) is 0.360. The van der Waals surface area contributed by atoms with Crippen LogP contribution in [0.4, 0.5) is 4.39 Å². The molecule has 0 radical (unpaired) electrons. The summed E-state index contributed by atoms with van der Waals surface area (Å²) in [4.78, 5) is 27.6. The van der Waals surface area contributed by atoms with Crippen molar-refractivity contribution in [3.63, 3.8) is 0 Å². The molecule has 156 valence electrons. The van der Waals surface area contributed by atoms with Crippen molar-refractivity contribution in [3.8, 4) is 0 Å². The molecule has 30 heavy (non-hydrogen) atoms. The average molecular weight is 407 g/mol. The number of carbonyl (C=O) groups excluding carboxylic acids is 2. The van der Waals surface area contributed by atoms with Gasteiger partial charge in [0.25, 0.3) is 0 Å². The minimum Gasteiger partial charge on any atom is -0.361 e. The third kappa shape index (κ3) is 4.45. The van der Waals surface area contributed by atoms with Gasteiger partial charge in [0.2, 0.25) is 5.91 Å². The van der Waals surface area contributed by atoms with Gasteiger partial charge >= 0.3 is 0 Å². The highest BCUT2D eigenvalue weighted by Crippen LogP contribution is 2.26. The van der Waals surface area contributed by atoms with Crippen LogP contribution in [0.25, 0.3) is 10.9 Å². The van der Waals surface area contributed by atoms with Gasteiger partial charge in [-0.05, 0) is 67.5 Å². The molecular weight excluding hydrogens is 379 g/mol. The highest BCUT2D eigenvalue weighted by molar-refractivity contribution is 5.85. The van der Waals surface area contributed by atoms with Crippen molar-refractivity contribution in [2.24, 2.45) is 5.92 Å². The molecular formula is C25H27FN2O2. The third-order valence-corrected chi connectivity index (χ3v) is 6.21. The Morgan fingerprint density at radius 1 is 1.23 bits per heavy atom. The Bertz CT molecular complexity index is 1050. The van der Waals surface area contributed by atoms with E-state index in [4.69, 9.17) is 0 Å². The number of carbonyl (C=O) groups is 2. The Balaban J connectivity index is 1.30. The van der Waals surface area contributed by atoms with Gasteiger partial charge in [0.1, 0.15) is 11.6 Å². The first-order valence-corrected chi connectivity index (χ1v) is 10.7. The maximum atomic E-state index is 13.5. The van der Waals surface area contributed by atoms with E-state index in [-0.39, 0.29) is 23.6 Å². The summed E-state index contributed by atoms with van der Waals surface area (Å²) in [6.45, 7) is 2.39. The zero-order valence-electron chi connectivity index (χ0n) is 17.2. The second-order valence-electron chi connectivity index (χ2n) is 8.27. The summed E-state index contributed by atoms with van der Waals surface area (Å²) < 4.78 is 13.5. The number of hydrogen-bond donors (Lipinski definition) is 2. The van der Waals surface area contributed by atoms with Gasteiger partial charge in [-0.1, -0.05) is 24.3 Å². The molecule has 1 aliphatic rings. The standard InChI is InChI=1S/C25H27FN2O2/c1-16(18-7-5-17(6-8-18)13-19-3-2-4-24(19)29)25(30)27-12-11-20-15-28-23-10-9-21(26)14-22(20)23/h5-10,14-16,19,28H,2-4,11-13H2,1H3,(H,27,30)/t16-,19+/m0/s1. The van der Waals surface area contributed by atoms with Crippen LogP contribution in [0.1, 0.15) is 48.8 Å². The van der Waals surface area contributed by atoms with Crippen molar-refractivity contribution in [1.82, 2.24) is 10.3 Å². The molecule has 2 atom stereocenters. The predicted molar refractivity (Wildman–Crippen MR) is 116 cm³/mol. The number of Topliss-reactive ketones (excluding diaryl/α,β-unsaturated/α-hetero) is 1. The lowest BCUT2D eigenvalue weighted by atomic mass is 9.94. The van der Waals surface area contributed by atoms with Gasteiger partial charge in [-0.3, -0.25) is 9.59 Å². The summed E-state index contributed by atoms with van der Waals surface area (Å²) >= 11 is 0. The number of halogens is 1. The van der Waals surface area contributed by atoms with Gasteiger partial charge in [0.15, 0.2) is 0 Å². The van der Waals surface area contributed by atoms with Gasteiger partial charge < -0.3 is 10.3 Å². The molecule has 1 aliphatic carbocycles. The number of aromatic nitrogens is 1. The van der Waals surface area contributed by atoms with E-state index >= 15 is 0 Å². The fourth-order valence-corrected chi connectivity index (χ4v) is 4.31. The van der Waals surface area contributed by atoms with Crippen molar-refractivity contribution in [2.45, 2.75) is 44.9 Å². The average Bonchev–Trinajstić information content (AvgIpc) is 3.34. The van der Waals surface area contributed by atoms with Crippen LogP contribution in [0.5, 0.6) is 0 Å². The van der Waals surface area contributed by atoms with Crippen LogP contribution < -0.4 is 5.32 Å². The Labute approximate surface area is 175 Å². The molecule has 1 saturated carbocycles. The smallest absolute Gasteiger partial charge is 0.227 e. The predicted octanol–water partition coefficient (Wildman–Crippen LogP) is 4.68. The van der Waals surface area contributed by atoms with Crippen LogP contribution >= 0.6 is 0 Å². The van der Waals surface area contributed by atoms with E-state index in [9.17, 15) is 14.0 Å². The van der Waals surface area contributed by atoms with E-state index in [0.717, 1.165) is 46.9 Å². The number of aromatic amines is 1. The molecule has 5 heteroatoms. The van der Waals surface area contributed by atoms with Crippen LogP contribution in [-0.2, 0) is 22.4 Å². The largest absolute Gasteiger partial charge is 0.361 e. The van der Waals surface area contributed by atoms with Gasteiger partial charge in [-0.15, -0.1) is 0 Å². The summed E-state index contributed by atoms with van der Waals surface area (Å²) in [7, 11) is 0. The molecule has 0 bridgehead atoms. The van der Waals surface area contributed by atoms with E-state index in [1.807, 2.05) is 37.4 Å².